The lowest BCUT2D eigenvalue weighted by Gasteiger charge is -2.34. The maximum atomic E-state index is 12.9. The van der Waals surface area contributed by atoms with Crippen molar-refractivity contribution in [1.29, 1.82) is 0 Å². The van der Waals surface area contributed by atoms with Crippen LogP contribution in [0.4, 0.5) is 32.3 Å². The molecule has 0 aliphatic carbocycles. The number of carbonyl (C=O) groups excluding carboxylic acids is 1. The summed E-state index contributed by atoms with van der Waals surface area (Å²) in [6.07, 6.45) is -8.91. The van der Waals surface area contributed by atoms with Crippen LogP contribution < -0.4 is 10.5 Å². The molecule has 0 saturated carbocycles. The Balaban J connectivity index is 1.46. The van der Waals surface area contributed by atoms with Gasteiger partial charge in [0.1, 0.15) is 5.56 Å². The molecule has 1 saturated heterocycles. The highest BCUT2D eigenvalue weighted by atomic mass is 19.4. The highest BCUT2D eigenvalue weighted by molar-refractivity contribution is 5.76. The van der Waals surface area contributed by atoms with E-state index in [1.807, 2.05) is 0 Å². The Labute approximate surface area is 188 Å². The number of ether oxygens (including phenoxy) is 1. The maximum absolute atomic E-state index is 12.9. The Morgan fingerprint density at radius 2 is 1.71 bits per heavy atom. The lowest BCUT2D eigenvalue weighted by Crippen LogP contribution is -2.49. The summed E-state index contributed by atoms with van der Waals surface area (Å²) in [6.45, 7) is 2.55. The molecule has 1 atom stereocenters. The SMILES string of the molecule is C[C@H](OCCC(=O)N1CCN(c2ncc(C(F)(F)F)cn2)CC1)c1cc(C(F)(F)F)c(=O)[nH]n1. The van der Waals surface area contributed by atoms with Crippen LogP contribution in [0.1, 0.15) is 36.3 Å². The summed E-state index contributed by atoms with van der Waals surface area (Å²) in [7, 11) is 0. The molecule has 1 aliphatic rings. The number of hydrogen-bond donors (Lipinski definition) is 1. The molecule has 0 aromatic carbocycles. The molecule has 0 spiro atoms. The van der Waals surface area contributed by atoms with Gasteiger partial charge in [0.2, 0.25) is 11.9 Å². The molecular weight excluding hydrogens is 474 g/mol. The van der Waals surface area contributed by atoms with Gasteiger partial charge in [-0.05, 0) is 13.0 Å². The molecule has 34 heavy (non-hydrogen) atoms. The highest BCUT2D eigenvalue weighted by Gasteiger charge is 2.35. The van der Waals surface area contributed by atoms with Crippen LogP contribution in [-0.2, 0) is 21.9 Å². The van der Waals surface area contributed by atoms with Crippen molar-refractivity contribution in [3.05, 3.63) is 45.6 Å². The number of amides is 1. The van der Waals surface area contributed by atoms with Gasteiger partial charge >= 0.3 is 12.4 Å². The summed E-state index contributed by atoms with van der Waals surface area (Å²) in [5, 5.41) is 5.34. The first-order chi connectivity index (χ1) is 15.9. The molecule has 0 bridgehead atoms. The molecule has 2 aromatic rings. The molecule has 1 aliphatic heterocycles. The number of nitrogens with zero attached hydrogens (tertiary/aromatic N) is 5. The second-order valence-electron chi connectivity index (χ2n) is 7.43. The quantitative estimate of drug-likeness (QED) is 0.615. The number of anilines is 1. The summed E-state index contributed by atoms with van der Waals surface area (Å²) in [4.78, 5) is 34.4. The van der Waals surface area contributed by atoms with Gasteiger partial charge in [0.15, 0.2) is 0 Å². The summed E-state index contributed by atoms with van der Waals surface area (Å²) in [5.41, 5.74) is -3.84. The minimum Gasteiger partial charge on any atom is -0.372 e. The normalized spacial score (nSPS) is 16.0. The average molecular weight is 494 g/mol. The Kier molecular flexibility index (Phi) is 7.43. The number of H-pyrrole nitrogens is 1. The summed E-state index contributed by atoms with van der Waals surface area (Å²) >= 11 is 0. The lowest BCUT2D eigenvalue weighted by atomic mass is 10.2. The number of rotatable bonds is 6. The van der Waals surface area contributed by atoms with Gasteiger partial charge in [0.05, 0.1) is 30.4 Å². The van der Waals surface area contributed by atoms with E-state index in [0.717, 1.165) is 0 Å². The van der Waals surface area contributed by atoms with Crippen molar-refractivity contribution in [2.75, 3.05) is 37.7 Å². The van der Waals surface area contributed by atoms with Gasteiger partial charge in [-0.1, -0.05) is 0 Å². The zero-order chi connectivity index (χ0) is 25.1. The lowest BCUT2D eigenvalue weighted by molar-refractivity contribution is -0.139. The van der Waals surface area contributed by atoms with Crippen LogP contribution in [0, 0.1) is 0 Å². The van der Waals surface area contributed by atoms with Crippen LogP contribution in [0.15, 0.2) is 23.3 Å². The van der Waals surface area contributed by atoms with E-state index in [2.05, 4.69) is 15.1 Å². The van der Waals surface area contributed by atoms with Crippen LogP contribution in [0.25, 0.3) is 0 Å². The molecule has 9 nitrogen and oxygen atoms in total. The summed E-state index contributed by atoms with van der Waals surface area (Å²) in [5.74, 6) is -0.130. The number of carbonyl (C=O) groups is 1. The van der Waals surface area contributed by atoms with Crippen molar-refractivity contribution >= 4 is 11.9 Å². The first-order valence-corrected chi connectivity index (χ1v) is 10.1. The minimum absolute atomic E-state index is 0.0450. The molecule has 1 N–H and O–H groups in total. The van der Waals surface area contributed by atoms with E-state index in [4.69, 9.17) is 4.74 Å². The van der Waals surface area contributed by atoms with Gasteiger partial charge in [0.25, 0.3) is 5.56 Å². The molecule has 186 valence electrons. The van der Waals surface area contributed by atoms with Crippen molar-refractivity contribution < 1.29 is 35.9 Å². The fourth-order valence-electron chi connectivity index (χ4n) is 3.19. The smallest absolute Gasteiger partial charge is 0.372 e. The van der Waals surface area contributed by atoms with E-state index < -0.39 is 35.1 Å². The molecule has 1 amide bonds. The standard InChI is InChI=1S/C19H20F6N6O3/c1-11(14-8-13(19(23,24)25)16(33)29-28-14)34-7-2-15(32)30-3-5-31(6-4-30)17-26-9-12(10-27-17)18(20,21)22/h8-11H,2-7H2,1H3,(H,29,33)/t11-/m0/s1. The largest absolute Gasteiger partial charge is 0.421 e. The number of alkyl halides is 6. The zero-order valence-corrected chi connectivity index (χ0v) is 17.8. The van der Waals surface area contributed by atoms with Crippen molar-refractivity contribution in [3.8, 4) is 0 Å². The number of halogens is 6. The van der Waals surface area contributed by atoms with E-state index >= 15 is 0 Å². The van der Waals surface area contributed by atoms with Crippen LogP contribution in [0.5, 0.6) is 0 Å². The number of aromatic nitrogens is 4. The Hall–Kier alpha value is -3.23. The fraction of sp³-hybridized carbons (Fsp3) is 0.526. The monoisotopic (exact) mass is 494 g/mol. The molecule has 2 aromatic heterocycles. The molecule has 3 heterocycles. The first-order valence-electron chi connectivity index (χ1n) is 10.1. The average Bonchev–Trinajstić information content (AvgIpc) is 2.78. The number of hydrogen-bond acceptors (Lipinski definition) is 7. The Bertz CT molecular complexity index is 1050. The van der Waals surface area contributed by atoms with E-state index in [0.29, 0.717) is 31.5 Å². The van der Waals surface area contributed by atoms with Crippen LogP contribution in [0.2, 0.25) is 0 Å². The third-order valence-electron chi connectivity index (χ3n) is 5.11. The van der Waals surface area contributed by atoms with Gasteiger partial charge in [-0.2, -0.15) is 31.4 Å². The predicted octanol–water partition coefficient (Wildman–Crippen LogP) is 2.41. The number of nitrogens with one attached hydrogen (secondary N) is 1. The Morgan fingerprint density at radius 1 is 1.09 bits per heavy atom. The number of piperazine rings is 1. The second-order valence-corrected chi connectivity index (χ2v) is 7.43. The van der Waals surface area contributed by atoms with E-state index in [1.54, 1.807) is 10.00 Å². The summed E-state index contributed by atoms with van der Waals surface area (Å²) < 4.78 is 81.8. The van der Waals surface area contributed by atoms with Gasteiger partial charge in [-0.15, -0.1) is 0 Å². The molecule has 3 rings (SSSR count). The van der Waals surface area contributed by atoms with Crippen LogP contribution >= 0.6 is 0 Å². The maximum Gasteiger partial charge on any atom is 0.421 e. The molecule has 0 radical (unpaired) electrons. The fourth-order valence-corrected chi connectivity index (χ4v) is 3.19. The molecular formula is C19H20F6N6O3. The number of aromatic amines is 1. The minimum atomic E-state index is -4.84. The van der Waals surface area contributed by atoms with Gasteiger partial charge in [0, 0.05) is 38.6 Å². The van der Waals surface area contributed by atoms with Crippen molar-refractivity contribution in [3.63, 3.8) is 0 Å². The molecule has 15 heteroatoms. The highest BCUT2D eigenvalue weighted by Crippen LogP contribution is 2.29. The zero-order valence-electron chi connectivity index (χ0n) is 17.8. The Morgan fingerprint density at radius 3 is 2.26 bits per heavy atom. The van der Waals surface area contributed by atoms with Gasteiger partial charge < -0.3 is 14.5 Å². The van der Waals surface area contributed by atoms with Crippen molar-refractivity contribution in [1.82, 2.24) is 25.1 Å². The van der Waals surface area contributed by atoms with Crippen molar-refractivity contribution in [2.24, 2.45) is 0 Å². The van der Waals surface area contributed by atoms with E-state index in [1.165, 1.54) is 11.8 Å². The van der Waals surface area contributed by atoms with Crippen LogP contribution in [-0.4, -0.2) is 63.8 Å². The summed E-state index contributed by atoms with van der Waals surface area (Å²) in [6, 6.07) is 0.605. The van der Waals surface area contributed by atoms with E-state index in [9.17, 15) is 35.9 Å². The third-order valence-corrected chi connectivity index (χ3v) is 5.11. The topological polar surface area (TPSA) is 104 Å². The second kappa shape index (κ2) is 9.95. The van der Waals surface area contributed by atoms with Crippen LogP contribution in [0.3, 0.4) is 0 Å². The van der Waals surface area contributed by atoms with Gasteiger partial charge in [-0.25, -0.2) is 15.1 Å². The molecule has 1 fully saturated rings. The van der Waals surface area contributed by atoms with Crippen molar-refractivity contribution in [2.45, 2.75) is 31.8 Å². The first kappa shape index (κ1) is 25.4. The third kappa shape index (κ3) is 6.21. The van der Waals surface area contributed by atoms with Gasteiger partial charge in [-0.3, -0.25) is 9.59 Å². The molecule has 0 unspecified atom stereocenters. The predicted molar refractivity (Wildman–Crippen MR) is 105 cm³/mol. The van der Waals surface area contributed by atoms with E-state index in [-0.39, 0.29) is 43.7 Å².